The number of anilines is 2. The molecule has 1 saturated heterocycles. The Labute approximate surface area is 222 Å². The second-order valence-corrected chi connectivity index (χ2v) is 9.06. The molecular weight excluding hydrogens is 513 g/mol. The second-order valence-electron chi connectivity index (χ2n) is 9.06. The fourth-order valence-electron chi connectivity index (χ4n) is 4.23. The van der Waals surface area contributed by atoms with E-state index in [1.54, 1.807) is 43.3 Å². The Bertz CT molecular complexity index is 1430. The molecule has 202 valence electrons. The van der Waals surface area contributed by atoms with Gasteiger partial charge in [-0.15, -0.1) is 0 Å². The van der Waals surface area contributed by atoms with E-state index in [2.05, 4.69) is 32.1 Å². The molecule has 2 aromatic heterocycles. The number of piperidine rings is 1. The average molecular weight is 539 g/mol. The number of amides is 2. The minimum atomic E-state index is -4.73. The Hall–Kier alpha value is -4.66. The monoisotopic (exact) mass is 538 g/mol. The Balaban J connectivity index is 1.56. The standard InChI is InChI=1S/C27H25F3N6O3/c1-16(24(31)37)20-5-3-2-4-17(20)6-8-23-21(27(28,29)30)15-33-25(35-23)34-19-7-9-22(32-14-19)18-10-12-36(13-11-18)26(38)39/h2-5,7,9,14-16,18H,10-13H2,1H3,(H2,31,37)(H,38,39)(H,33,34,35). The maximum absolute atomic E-state index is 13.7. The zero-order chi connectivity index (χ0) is 28.2. The summed E-state index contributed by atoms with van der Waals surface area (Å²) in [4.78, 5) is 36.3. The lowest BCUT2D eigenvalue weighted by molar-refractivity contribution is -0.138. The van der Waals surface area contributed by atoms with Gasteiger partial charge in [0.15, 0.2) is 0 Å². The van der Waals surface area contributed by atoms with Crippen LogP contribution in [0.4, 0.5) is 29.6 Å². The first-order valence-electron chi connectivity index (χ1n) is 12.1. The quantitative estimate of drug-likeness (QED) is 0.408. The molecule has 0 saturated carbocycles. The van der Waals surface area contributed by atoms with Gasteiger partial charge >= 0.3 is 12.3 Å². The average Bonchev–Trinajstić information content (AvgIpc) is 2.91. The first kappa shape index (κ1) is 27.4. The van der Waals surface area contributed by atoms with Gasteiger partial charge in [-0.3, -0.25) is 9.78 Å². The summed E-state index contributed by atoms with van der Waals surface area (Å²) in [6.45, 7) is 2.45. The molecule has 1 aromatic carbocycles. The van der Waals surface area contributed by atoms with Crippen LogP contribution >= 0.6 is 0 Å². The maximum Gasteiger partial charge on any atom is 0.420 e. The molecule has 0 spiro atoms. The number of alkyl halides is 3. The van der Waals surface area contributed by atoms with Crippen molar-refractivity contribution in [2.24, 2.45) is 5.73 Å². The van der Waals surface area contributed by atoms with Crippen molar-refractivity contribution in [3.63, 3.8) is 0 Å². The van der Waals surface area contributed by atoms with Crippen LogP contribution in [0.5, 0.6) is 0 Å². The summed E-state index contributed by atoms with van der Waals surface area (Å²) in [6, 6.07) is 10.1. The summed E-state index contributed by atoms with van der Waals surface area (Å²) < 4.78 is 41.0. The van der Waals surface area contributed by atoms with Crippen molar-refractivity contribution in [3.05, 3.63) is 76.9 Å². The number of hydrogen-bond acceptors (Lipinski definition) is 6. The smallest absolute Gasteiger partial charge is 0.420 e. The van der Waals surface area contributed by atoms with Crippen LogP contribution in [0, 0.1) is 11.8 Å². The van der Waals surface area contributed by atoms with Crippen molar-refractivity contribution >= 4 is 23.6 Å². The molecule has 3 aromatic rings. The Morgan fingerprint density at radius 1 is 1.10 bits per heavy atom. The molecular formula is C27H25F3N6O3. The van der Waals surface area contributed by atoms with Gasteiger partial charge < -0.3 is 21.1 Å². The highest BCUT2D eigenvalue weighted by molar-refractivity contribution is 5.82. The minimum absolute atomic E-state index is 0.101. The van der Waals surface area contributed by atoms with E-state index in [1.807, 2.05) is 0 Å². The number of likely N-dealkylation sites (tertiary alicyclic amines) is 1. The van der Waals surface area contributed by atoms with Crippen LogP contribution in [0.25, 0.3) is 0 Å². The Morgan fingerprint density at radius 2 is 1.82 bits per heavy atom. The van der Waals surface area contributed by atoms with Crippen LogP contribution in [-0.4, -0.2) is 50.0 Å². The van der Waals surface area contributed by atoms with Crippen LogP contribution in [-0.2, 0) is 11.0 Å². The highest BCUT2D eigenvalue weighted by Crippen LogP contribution is 2.32. The molecule has 1 atom stereocenters. The normalized spacial score (nSPS) is 14.7. The predicted octanol–water partition coefficient (Wildman–Crippen LogP) is 4.48. The largest absolute Gasteiger partial charge is 0.465 e. The van der Waals surface area contributed by atoms with E-state index < -0.39 is 35.4 Å². The van der Waals surface area contributed by atoms with Gasteiger partial charge in [0.2, 0.25) is 11.9 Å². The molecule has 12 heteroatoms. The highest BCUT2D eigenvalue weighted by atomic mass is 19.4. The van der Waals surface area contributed by atoms with Crippen molar-refractivity contribution in [2.75, 3.05) is 18.4 Å². The lowest BCUT2D eigenvalue weighted by Gasteiger charge is -2.29. The van der Waals surface area contributed by atoms with Crippen LogP contribution in [0.15, 0.2) is 48.8 Å². The van der Waals surface area contributed by atoms with E-state index in [0.29, 0.717) is 48.9 Å². The number of rotatable bonds is 5. The van der Waals surface area contributed by atoms with E-state index in [4.69, 9.17) is 10.8 Å². The molecule has 4 N–H and O–H groups in total. The van der Waals surface area contributed by atoms with Gasteiger partial charge in [-0.1, -0.05) is 24.1 Å². The van der Waals surface area contributed by atoms with E-state index in [-0.39, 0.29) is 11.9 Å². The van der Waals surface area contributed by atoms with Crippen LogP contribution < -0.4 is 11.1 Å². The molecule has 1 fully saturated rings. The molecule has 4 rings (SSSR count). The summed E-state index contributed by atoms with van der Waals surface area (Å²) in [5, 5.41) is 12.0. The number of nitrogens with zero attached hydrogens (tertiary/aromatic N) is 4. The SMILES string of the molecule is CC(C(N)=O)c1ccccc1C#Cc1nc(Nc2ccc(C3CCN(C(=O)O)CC3)nc2)ncc1C(F)(F)F. The van der Waals surface area contributed by atoms with Crippen LogP contribution in [0.2, 0.25) is 0 Å². The lowest BCUT2D eigenvalue weighted by atomic mass is 9.93. The number of benzene rings is 1. The van der Waals surface area contributed by atoms with Gasteiger partial charge in [-0.05, 0) is 49.4 Å². The first-order chi connectivity index (χ1) is 18.5. The topological polar surface area (TPSA) is 134 Å². The van der Waals surface area contributed by atoms with E-state index in [9.17, 15) is 22.8 Å². The van der Waals surface area contributed by atoms with Crippen LogP contribution in [0.1, 0.15) is 59.7 Å². The predicted molar refractivity (Wildman–Crippen MR) is 136 cm³/mol. The summed E-state index contributed by atoms with van der Waals surface area (Å²) in [7, 11) is 0. The zero-order valence-electron chi connectivity index (χ0n) is 20.9. The maximum atomic E-state index is 13.7. The third-order valence-corrected chi connectivity index (χ3v) is 6.49. The molecule has 9 nitrogen and oxygen atoms in total. The summed E-state index contributed by atoms with van der Waals surface area (Å²) in [6.07, 6.45) is -2.19. The number of pyridine rings is 1. The highest BCUT2D eigenvalue weighted by Gasteiger charge is 2.35. The number of carboxylic acid groups (broad SMARTS) is 1. The summed E-state index contributed by atoms with van der Waals surface area (Å²) in [5.41, 5.74) is 5.89. The van der Waals surface area contributed by atoms with Gasteiger partial charge in [-0.2, -0.15) is 13.2 Å². The first-order valence-corrected chi connectivity index (χ1v) is 12.1. The van der Waals surface area contributed by atoms with Gasteiger partial charge in [0, 0.05) is 36.5 Å². The van der Waals surface area contributed by atoms with E-state index >= 15 is 0 Å². The Morgan fingerprint density at radius 3 is 2.44 bits per heavy atom. The Kier molecular flexibility index (Phi) is 7.99. The number of nitrogens with two attached hydrogens (primary N) is 1. The molecule has 0 bridgehead atoms. The zero-order valence-corrected chi connectivity index (χ0v) is 20.9. The van der Waals surface area contributed by atoms with Crippen molar-refractivity contribution < 1.29 is 27.9 Å². The fourth-order valence-corrected chi connectivity index (χ4v) is 4.23. The number of halogens is 3. The number of hydrogen-bond donors (Lipinski definition) is 3. The molecule has 1 unspecified atom stereocenters. The number of carbonyl (C=O) groups is 2. The van der Waals surface area contributed by atoms with Crippen molar-refractivity contribution in [1.29, 1.82) is 0 Å². The summed E-state index contributed by atoms with van der Waals surface area (Å²) in [5.74, 6) is 3.92. The fraction of sp³-hybridized carbons (Fsp3) is 0.296. The van der Waals surface area contributed by atoms with Gasteiger partial charge in [0.1, 0.15) is 11.3 Å². The second kappa shape index (κ2) is 11.4. The van der Waals surface area contributed by atoms with E-state index in [1.165, 1.54) is 11.1 Å². The minimum Gasteiger partial charge on any atom is -0.465 e. The number of nitrogens with one attached hydrogen (secondary N) is 1. The molecule has 1 aliphatic heterocycles. The molecule has 39 heavy (non-hydrogen) atoms. The number of primary amides is 1. The molecule has 2 amide bonds. The molecule has 0 aliphatic carbocycles. The van der Waals surface area contributed by atoms with Gasteiger partial charge in [-0.25, -0.2) is 14.8 Å². The molecule has 0 radical (unpaired) electrons. The molecule has 1 aliphatic rings. The van der Waals surface area contributed by atoms with Gasteiger partial charge in [0.05, 0.1) is 17.8 Å². The van der Waals surface area contributed by atoms with Crippen LogP contribution in [0.3, 0.4) is 0 Å². The van der Waals surface area contributed by atoms with Crippen molar-refractivity contribution in [1.82, 2.24) is 19.9 Å². The van der Waals surface area contributed by atoms with Gasteiger partial charge in [0.25, 0.3) is 0 Å². The number of aromatic nitrogens is 3. The summed E-state index contributed by atoms with van der Waals surface area (Å²) >= 11 is 0. The number of carbonyl (C=O) groups excluding carboxylic acids is 1. The third kappa shape index (κ3) is 6.62. The van der Waals surface area contributed by atoms with E-state index in [0.717, 1.165) is 5.69 Å². The van der Waals surface area contributed by atoms with Crippen molar-refractivity contribution in [3.8, 4) is 11.8 Å². The third-order valence-electron chi connectivity index (χ3n) is 6.49. The lowest BCUT2D eigenvalue weighted by Crippen LogP contribution is -2.36. The molecule has 3 heterocycles. The van der Waals surface area contributed by atoms with Crippen molar-refractivity contribution in [2.45, 2.75) is 37.8 Å².